The molecule has 1 spiro atoms. The average molecular weight is 367 g/mol. The molecule has 4 rings (SSSR count). The van der Waals surface area contributed by atoms with Gasteiger partial charge in [-0.1, -0.05) is 6.07 Å². The highest BCUT2D eigenvalue weighted by Crippen LogP contribution is 2.40. The second-order valence-electron chi connectivity index (χ2n) is 8.26. The number of rotatable bonds is 4. The number of nitrogens with zero attached hydrogens (tertiary/aromatic N) is 5. The van der Waals surface area contributed by atoms with Gasteiger partial charge in [-0.25, -0.2) is 0 Å². The van der Waals surface area contributed by atoms with Gasteiger partial charge in [0, 0.05) is 44.5 Å². The minimum Gasteiger partial charge on any atom is -0.336 e. The summed E-state index contributed by atoms with van der Waals surface area (Å²) in [6.07, 6.45) is 7.97. The van der Waals surface area contributed by atoms with Gasteiger partial charge < -0.3 is 4.90 Å². The van der Waals surface area contributed by atoms with Crippen LogP contribution in [0.1, 0.15) is 42.6 Å². The fraction of sp³-hybridized carbons (Fsp3) is 0.571. The monoisotopic (exact) mass is 367 g/mol. The zero-order chi connectivity index (χ0) is 18.9. The molecule has 0 aromatic carbocycles. The molecule has 0 N–H and O–H groups in total. The fourth-order valence-electron chi connectivity index (χ4n) is 4.57. The number of piperidine rings is 2. The van der Waals surface area contributed by atoms with E-state index in [0.29, 0.717) is 13.0 Å². The van der Waals surface area contributed by atoms with Crippen LogP contribution in [0.5, 0.6) is 0 Å². The maximum Gasteiger partial charge on any atom is 0.222 e. The Kier molecular flexibility index (Phi) is 5.00. The molecule has 2 aliphatic heterocycles. The van der Waals surface area contributed by atoms with Crippen molar-refractivity contribution in [3.63, 3.8) is 0 Å². The first-order valence-corrected chi connectivity index (χ1v) is 9.92. The SMILES string of the molecule is Cc1nn(C)cc1CN1CCC2(CCC(=O)N(Cc3ccccn3)C2)CC1. The van der Waals surface area contributed by atoms with Crippen LogP contribution in [0, 0.1) is 12.3 Å². The maximum absolute atomic E-state index is 12.4. The lowest BCUT2D eigenvalue weighted by Gasteiger charge is -2.47. The van der Waals surface area contributed by atoms with Gasteiger partial charge in [-0.3, -0.25) is 19.4 Å². The minimum atomic E-state index is 0.277. The average Bonchev–Trinajstić information content (AvgIpc) is 2.98. The summed E-state index contributed by atoms with van der Waals surface area (Å²) in [4.78, 5) is 21.4. The number of aryl methyl sites for hydroxylation is 2. The Balaban J connectivity index is 1.37. The van der Waals surface area contributed by atoms with Crippen molar-refractivity contribution in [1.82, 2.24) is 24.6 Å². The van der Waals surface area contributed by atoms with E-state index in [1.165, 1.54) is 5.56 Å². The molecular formula is C21H29N5O. The Morgan fingerprint density at radius 3 is 2.63 bits per heavy atom. The van der Waals surface area contributed by atoms with Crippen LogP contribution >= 0.6 is 0 Å². The Morgan fingerprint density at radius 2 is 1.96 bits per heavy atom. The van der Waals surface area contributed by atoms with Crippen LogP contribution in [0.4, 0.5) is 0 Å². The topological polar surface area (TPSA) is 54.3 Å². The molecule has 2 saturated heterocycles. The van der Waals surface area contributed by atoms with Gasteiger partial charge in [-0.15, -0.1) is 0 Å². The first-order valence-electron chi connectivity index (χ1n) is 9.92. The lowest BCUT2D eigenvalue weighted by Crippen LogP contribution is -2.51. The van der Waals surface area contributed by atoms with E-state index in [-0.39, 0.29) is 11.3 Å². The summed E-state index contributed by atoms with van der Waals surface area (Å²) in [5.74, 6) is 0.277. The molecule has 2 aromatic rings. The van der Waals surface area contributed by atoms with Crippen molar-refractivity contribution in [3.05, 3.63) is 47.5 Å². The van der Waals surface area contributed by atoms with E-state index in [1.807, 2.05) is 34.8 Å². The largest absolute Gasteiger partial charge is 0.336 e. The van der Waals surface area contributed by atoms with Gasteiger partial charge in [-0.05, 0) is 56.8 Å². The minimum absolute atomic E-state index is 0.277. The Morgan fingerprint density at radius 1 is 1.15 bits per heavy atom. The highest BCUT2D eigenvalue weighted by molar-refractivity contribution is 5.77. The Hall–Kier alpha value is -2.21. The van der Waals surface area contributed by atoms with Gasteiger partial charge in [0.15, 0.2) is 0 Å². The maximum atomic E-state index is 12.4. The predicted molar refractivity (Wildman–Crippen MR) is 104 cm³/mol. The van der Waals surface area contributed by atoms with Crippen molar-refractivity contribution in [1.29, 1.82) is 0 Å². The van der Waals surface area contributed by atoms with Crippen LogP contribution in [-0.4, -0.2) is 50.1 Å². The molecule has 6 heteroatoms. The normalized spacial score (nSPS) is 20.4. The number of pyridine rings is 1. The van der Waals surface area contributed by atoms with Crippen LogP contribution in [0.2, 0.25) is 0 Å². The van der Waals surface area contributed by atoms with Crippen LogP contribution in [0.3, 0.4) is 0 Å². The summed E-state index contributed by atoms with van der Waals surface area (Å²) in [6.45, 7) is 6.78. The first-order chi connectivity index (χ1) is 13.0. The van der Waals surface area contributed by atoms with Crippen molar-refractivity contribution < 1.29 is 4.79 Å². The van der Waals surface area contributed by atoms with E-state index >= 15 is 0 Å². The van der Waals surface area contributed by atoms with Crippen molar-refractivity contribution in [3.8, 4) is 0 Å². The van der Waals surface area contributed by atoms with E-state index < -0.39 is 0 Å². The molecule has 0 unspecified atom stereocenters. The number of likely N-dealkylation sites (tertiary alicyclic amines) is 2. The van der Waals surface area contributed by atoms with Crippen LogP contribution in [0.25, 0.3) is 0 Å². The van der Waals surface area contributed by atoms with Crippen LogP contribution < -0.4 is 0 Å². The standard InChI is InChI=1S/C21H29N5O/c1-17-18(13-24(2)23-17)14-25-11-8-21(9-12-25)7-6-20(27)26(16-21)15-19-5-3-4-10-22-19/h3-5,10,13H,6-9,11-12,14-16H2,1-2H3. The molecule has 0 aliphatic carbocycles. The smallest absolute Gasteiger partial charge is 0.222 e. The second kappa shape index (κ2) is 7.43. The van der Waals surface area contributed by atoms with Crippen molar-refractivity contribution >= 4 is 5.91 Å². The molecule has 0 radical (unpaired) electrons. The summed E-state index contributed by atoms with van der Waals surface area (Å²) in [7, 11) is 1.98. The quantitative estimate of drug-likeness (QED) is 0.833. The summed E-state index contributed by atoms with van der Waals surface area (Å²) in [5, 5.41) is 4.46. The molecular weight excluding hydrogens is 338 g/mol. The molecule has 2 aliphatic rings. The molecule has 27 heavy (non-hydrogen) atoms. The number of hydrogen-bond acceptors (Lipinski definition) is 4. The van der Waals surface area contributed by atoms with E-state index in [2.05, 4.69) is 28.1 Å². The summed E-state index contributed by atoms with van der Waals surface area (Å²) >= 11 is 0. The first kappa shape index (κ1) is 18.2. The highest BCUT2D eigenvalue weighted by atomic mass is 16.2. The van der Waals surface area contributed by atoms with Gasteiger partial charge in [0.1, 0.15) is 0 Å². The third-order valence-corrected chi connectivity index (χ3v) is 6.25. The Labute approximate surface area is 161 Å². The van der Waals surface area contributed by atoms with Crippen LogP contribution in [-0.2, 0) is 24.9 Å². The number of hydrogen-bond donors (Lipinski definition) is 0. The van der Waals surface area contributed by atoms with E-state index in [9.17, 15) is 4.79 Å². The van der Waals surface area contributed by atoms with Crippen molar-refractivity contribution in [2.75, 3.05) is 19.6 Å². The molecule has 0 atom stereocenters. The lowest BCUT2D eigenvalue weighted by atomic mass is 9.72. The summed E-state index contributed by atoms with van der Waals surface area (Å²) < 4.78 is 1.90. The number of amides is 1. The third-order valence-electron chi connectivity index (χ3n) is 6.25. The molecule has 0 bridgehead atoms. The zero-order valence-corrected chi connectivity index (χ0v) is 16.4. The lowest BCUT2D eigenvalue weighted by molar-refractivity contribution is -0.140. The van der Waals surface area contributed by atoms with Gasteiger partial charge in [0.25, 0.3) is 0 Å². The molecule has 2 aromatic heterocycles. The molecule has 1 amide bonds. The molecule has 4 heterocycles. The number of aromatic nitrogens is 3. The predicted octanol–water partition coefficient (Wildman–Crippen LogP) is 2.53. The van der Waals surface area contributed by atoms with Crippen LogP contribution in [0.15, 0.2) is 30.6 Å². The van der Waals surface area contributed by atoms with E-state index in [4.69, 9.17) is 0 Å². The van der Waals surface area contributed by atoms with Gasteiger partial charge in [0.05, 0.1) is 17.9 Å². The molecule has 0 saturated carbocycles. The third kappa shape index (κ3) is 4.05. The summed E-state index contributed by atoms with van der Waals surface area (Å²) in [6, 6.07) is 5.92. The highest BCUT2D eigenvalue weighted by Gasteiger charge is 2.41. The molecule has 2 fully saturated rings. The second-order valence-corrected chi connectivity index (χ2v) is 8.26. The molecule has 6 nitrogen and oxygen atoms in total. The number of carbonyl (C=O) groups is 1. The van der Waals surface area contributed by atoms with E-state index in [0.717, 1.165) is 56.8 Å². The van der Waals surface area contributed by atoms with E-state index in [1.54, 1.807) is 6.20 Å². The van der Waals surface area contributed by atoms with Gasteiger partial charge >= 0.3 is 0 Å². The number of carbonyl (C=O) groups excluding carboxylic acids is 1. The molecule has 144 valence electrons. The fourth-order valence-corrected chi connectivity index (χ4v) is 4.57. The Bertz CT molecular complexity index is 792. The summed E-state index contributed by atoms with van der Waals surface area (Å²) in [5.41, 5.74) is 3.71. The van der Waals surface area contributed by atoms with Gasteiger partial charge in [-0.2, -0.15) is 5.10 Å². The van der Waals surface area contributed by atoms with Gasteiger partial charge in [0.2, 0.25) is 5.91 Å². The van der Waals surface area contributed by atoms with Crippen molar-refractivity contribution in [2.45, 2.75) is 45.7 Å². The van der Waals surface area contributed by atoms with Crippen molar-refractivity contribution in [2.24, 2.45) is 12.5 Å². The zero-order valence-electron chi connectivity index (χ0n) is 16.4.